The van der Waals surface area contributed by atoms with E-state index in [-0.39, 0.29) is 5.91 Å². The summed E-state index contributed by atoms with van der Waals surface area (Å²) < 4.78 is 0. The fraction of sp³-hybridized carbons (Fsp3) is 0.111. The molecule has 0 aliphatic carbocycles. The first-order chi connectivity index (χ1) is 5.38. The molecule has 0 N–H and O–H groups in total. The van der Waals surface area contributed by atoms with Crippen LogP contribution in [-0.2, 0) is 6.42 Å². The van der Waals surface area contributed by atoms with Gasteiger partial charge in [0, 0.05) is 12.6 Å². The maximum Gasteiger partial charge on any atom is 0.277 e. The molecule has 1 aromatic carbocycles. The minimum atomic E-state index is -0.174. The van der Waals surface area contributed by atoms with Crippen molar-refractivity contribution in [3.8, 4) is 0 Å². The van der Waals surface area contributed by atoms with Crippen LogP contribution >= 0.6 is 0 Å². The number of nitrogens with zero attached hydrogens (tertiary/aromatic N) is 1. The van der Waals surface area contributed by atoms with Gasteiger partial charge in [0.25, 0.3) is 5.91 Å². The van der Waals surface area contributed by atoms with E-state index < -0.39 is 0 Å². The van der Waals surface area contributed by atoms with Crippen LogP contribution in [0.5, 0.6) is 0 Å². The third-order valence-electron chi connectivity index (χ3n) is 1.68. The summed E-state index contributed by atoms with van der Waals surface area (Å²) >= 11 is 0. The van der Waals surface area contributed by atoms with Crippen LogP contribution < -0.4 is 0 Å². The molecule has 1 aliphatic heterocycles. The summed E-state index contributed by atoms with van der Waals surface area (Å²) in [5, 5.41) is 0. The van der Waals surface area contributed by atoms with Crippen molar-refractivity contribution < 1.29 is 4.79 Å². The zero-order valence-electron chi connectivity index (χ0n) is 5.87. The zero-order valence-corrected chi connectivity index (χ0v) is 5.87. The average Bonchev–Trinajstić information content (AvgIpc) is 2.06. The third kappa shape index (κ3) is 0.963. The summed E-state index contributed by atoms with van der Waals surface area (Å²) in [5.41, 5.74) is 1.64. The molecule has 0 bridgehead atoms. The highest BCUT2D eigenvalue weighted by Gasteiger charge is 2.11. The molecule has 0 unspecified atom stereocenters. The molecule has 2 rings (SSSR count). The summed E-state index contributed by atoms with van der Waals surface area (Å²) in [6.07, 6.45) is 2.39. The van der Waals surface area contributed by atoms with Gasteiger partial charge in [-0.25, -0.2) is 4.99 Å². The van der Waals surface area contributed by atoms with Crippen LogP contribution in [0.3, 0.4) is 0 Å². The Morgan fingerprint density at radius 3 is 3.27 bits per heavy atom. The zero-order chi connectivity index (χ0) is 7.68. The van der Waals surface area contributed by atoms with Crippen molar-refractivity contribution in [1.29, 1.82) is 0 Å². The second kappa shape index (κ2) is 2.31. The lowest BCUT2D eigenvalue weighted by molar-refractivity contribution is 0.100. The van der Waals surface area contributed by atoms with Crippen molar-refractivity contribution in [3.63, 3.8) is 0 Å². The van der Waals surface area contributed by atoms with Crippen LogP contribution in [0.4, 0.5) is 0 Å². The highest BCUT2D eigenvalue weighted by Crippen LogP contribution is 2.12. The molecule has 0 fully saturated rings. The van der Waals surface area contributed by atoms with E-state index in [1.54, 1.807) is 12.3 Å². The van der Waals surface area contributed by atoms with E-state index >= 15 is 0 Å². The quantitative estimate of drug-likeness (QED) is 0.539. The van der Waals surface area contributed by atoms with Crippen LogP contribution in [0.1, 0.15) is 15.9 Å². The number of hydrogen-bond acceptors (Lipinski definition) is 1. The van der Waals surface area contributed by atoms with Crippen LogP contribution in [0.15, 0.2) is 23.2 Å². The van der Waals surface area contributed by atoms with Gasteiger partial charge in [-0.2, -0.15) is 0 Å². The molecule has 0 saturated heterocycles. The van der Waals surface area contributed by atoms with Crippen molar-refractivity contribution in [1.82, 2.24) is 0 Å². The van der Waals surface area contributed by atoms with Gasteiger partial charge in [-0.3, -0.25) is 4.79 Å². The summed E-state index contributed by atoms with van der Waals surface area (Å²) in [5.74, 6) is -0.174. The number of rotatable bonds is 0. The van der Waals surface area contributed by atoms with E-state index in [4.69, 9.17) is 0 Å². The van der Waals surface area contributed by atoms with Gasteiger partial charge >= 0.3 is 0 Å². The normalized spacial score (nSPS) is 14.7. The Hall–Kier alpha value is -1.44. The predicted molar refractivity (Wildman–Crippen MR) is 41.8 cm³/mol. The molecular formula is C9H6NO. The van der Waals surface area contributed by atoms with Crippen molar-refractivity contribution in [2.24, 2.45) is 4.99 Å². The van der Waals surface area contributed by atoms with Gasteiger partial charge in [0.05, 0.1) is 5.56 Å². The lowest BCUT2D eigenvalue weighted by Gasteiger charge is -2.06. The number of benzene rings is 1. The first-order valence-electron chi connectivity index (χ1n) is 3.44. The van der Waals surface area contributed by atoms with Gasteiger partial charge < -0.3 is 0 Å². The maximum atomic E-state index is 11.1. The summed E-state index contributed by atoms with van der Waals surface area (Å²) in [7, 11) is 0. The number of hydrogen-bond donors (Lipinski definition) is 0. The lowest BCUT2D eigenvalue weighted by Crippen LogP contribution is -2.07. The number of amides is 1. The third-order valence-corrected chi connectivity index (χ3v) is 1.68. The molecular weight excluding hydrogens is 138 g/mol. The van der Waals surface area contributed by atoms with Gasteiger partial charge in [-0.05, 0) is 11.6 Å². The van der Waals surface area contributed by atoms with Crippen LogP contribution in [0.2, 0.25) is 0 Å². The smallest absolute Gasteiger partial charge is 0.267 e. The molecule has 2 heteroatoms. The van der Waals surface area contributed by atoms with E-state index in [0.717, 1.165) is 12.0 Å². The first-order valence-corrected chi connectivity index (χ1v) is 3.44. The Morgan fingerprint density at radius 2 is 2.45 bits per heavy atom. The highest BCUT2D eigenvalue weighted by atomic mass is 16.1. The van der Waals surface area contributed by atoms with Crippen molar-refractivity contribution in [2.75, 3.05) is 0 Å². The molecule has 11 heavy (non-hydrogen) atoms. The SMILES string of the molecule is O=C1N=CCc2ccc[c]c21. The van der Waals surface area contributed by atoms with Crippen LogP contribution in [0, 0.1) is 6.07 Å². The Labute approximate surface area is 64.6 Å². The molecule has 1 heterocycles. The summed E-state index contributed by atoms with van der Waals surface area (Å²) in [6, 6.07) is 8.41. The second-order valence-electron chi connectivity index (χ2n) is 2.39. The number of fused-ring (bicyclic) bond motifs is 1. The number of aliphatic imine (C=N–C) groups is 1. The Bertz CT molecular complexity index is 328. The van der Waals surface area contributed by atoms with Gasteiger partial charge in [-0.15, -0.1) is 0 Å². The van der Waals surface area contributed by atoms with Crippen LogP contribution in [0.25, 0.3) is 0 Å². The standard InChI is InChI=1S/C9H6NO/c11-9-8-4-2-1-3-7(8)5-6-10-9/h1-3,6H,5H2. The van der Waals surface area contributed by atoms with E-state index in [0.29, 0.717) is 5.56 Å². The highest BCUT2D eigenvalue weighted by molar-refractivity contribution is 6.03. The van der Waals surface area contributed by atoms with E-state index in [9.17, 15) is 4.79 Å². The van der Waals surface area contributed by atoms with Crippen molar-refractivity contribution in [2.45, 2.75) is 6.42 Å². The fourth-order valence-corrected chi connectivity index (χ4v) is 1.13. The lowest BCUT2D eigenvalue weighted by atomic mass is 10.0. The molecule has 0 atom stereocenters. The molecule has 1 aliphatic rings. The minimum absolute atomic E-state index is 0.174. The minimum Gasteiger partial charge on any atom is -0.267 e. The maximum absolute atomic E-state index is 11.1. The van der Waals surface area contributed by atoms with Gasteiger partial charge in [0.1, 0.15) is 0 Å². The fourth-order valence-electron chi connectivity index (χ4n) is 1.13. The Kier molecular flexibility index (Phi) is 1.32. The first kappa shape index (κ1) is 6.28. The summed E-state index contributed by atoms with van der Waals surface area (Å²) in [4.78, 5) is 14.7. The van der Waals surface area contributed by atoms with Gasteiger partial charge in [-0.1, -0.05) is 18.2 Å². The largest absolute Gasteiger partial charge is 0.277 e. The topological polar surface area (TPSA) is 29.4 Å². The number of carbonyl (C=O) groups excluding carboxylic acids is 1. The van der Waals surface area contributed by atoms with Crippen molar-refractivity contribution in [3.05, 3.63) is 35.4 Å². The van der Waals surface area contributed by atoms with E-state index in [1.807, 2.05) is 12.1 Å². The van der Waals surface area contributed by atoms with E-state index in [2.05, 4.69) is 11.1 Å². The molecule has 0 saturated carbocycles. The molecule has 2 nitrogen and oxygen atoms in total. The summed E-state index contributed by atoms with van der Waals surface area (Å²) in [6.45, 7) is 0. The van der Waals surface area contributed by atoms with Gasteiger partial charge in [0.15, 0.2) is 0 Å². The Balaban J connectivity index is 2.59. The second-order valence-corrected chi connectivity index (χ2v) is 2.39. The molecule has 0 aromatic heterocycles. The monoisotopic (exact) mass is 144 g/mol. The average molecular weight is 144 g/mol. The molecule has 1 amide bonds. The van der Waals surface area contributed by atoms with Crippen molar-refractivity contribution >= 4 is 12.1 Å². The van der Waals surface area contributed by atoms with Crippen LogP contribution in [-0.4, -0.2) is 12.1 Å². The van der Waals surface area contributed by atoms with E-state index in [1.165, 1.54) is 0 Å². The Morgan fingerprint density at radius 1 is 1.55 bits per heavy atom. The molecule has 1 aromatic rings. The molecule has 1 radical (unpaired) electrons. The molecule has 0 spiro atoms. The predicted octanol–water partition coefficient (Wildman–Crippen LogP) is 1.25. The molecule has 53 valence electrons. The number of carbonyl (C=O) groups is 1. The van der Waals surface area contributed by atoms with Gasteiger partial charge in [0.2, 0.25) is 0 Å².